The van der Waals surface area contributed by atoms with E-state index in [0.29, 0.717) is 6.42 Å². The van der Waals surface area contributed by atoms with Gasteiger partial charge in [0.05, 0.1) is 10.7 Å². The Morgan fingerprint density at radius 2 is 2.00 bits per heavy atom. The molecule has 0 saturated carbocycles. The number of aromatic nitrogens is 1. The lowest BCUT2D eigenvalue weighted by atomic mass is 10.1. The first kappa shape index (κ1) is 16.6. The van der Waals surface area contributed by atoms with Gasteiger partial charge in [-0.3, -0.25) is 4.79 Å². The smallest absolute Gasteiger partial charge is 0.224 e. The second-order valence-electron chi connectivity index (χ2n) is 5.21. The maximum absolute atomic E-state index is 11.4. The molecule has 1 atom stereocenters. The van der Waals surface area contributed by atoms with Crippen LogP contribution >= 0.6 is 11.3 Å². The van der Waals surface area contributed by atoms with Crippen molar-refractivity contribution in [3.8, 4) is 0 Å². The zero-order valence-electron chi connectivity index (χ0n) is 13.3. The van der Waals surface area contributed by atoms with E-state index in [0.717, 1.165) is 24.3 Å². The number of anilines is 1. The van der Waals surface area contributed by atoms with Gasteiger partial charge < -0.3 is 10.6 Å². The van der Waals surface area contributed by atoms with Crippen LogP contribution in [0.3, 0.4) is 0 Å². The predicted molar refractivity (Wildman–Crippen MR) is 92.1 cm³/mol. The molecule has 1 heterocycles. The van der Waals surface area contributed by atoms with Crippen LogP contribution in [0.4, 0.5) is 5.69 Å². The monoisotopic (exact) mass is 317 g/mol. The Morgan fingerprint density at radius 1 is 1.27 bits per heavy atom. The van der Waals surface area contributed by atoms with Gasteiger partial charge in [-0.1, -0.05) is 26.0 Å². The third-order valence-corrected chi connectivity index (χ3v) is 4.55. The molecule has 0 aliphatic heterocycles. The fourth-order valence-corrected chi connectivity index (χ4v) is 2.82. The molecule has 4 nitrogen and oxygen atoms in total. The molecule has 22 heavy (non-hydrogen) atoms. The minimum absolute atomic E-state index is 0.0363. The van der Waals surface area contributed by atoms with Gasteiger partial charge in [0.25, 0.3) is 0 Å². The van der Waals surface area contributed by atoms with Crippen LogP contribution in [0.1, 0.15) is 49.5 Å². The maximum Gasteiger partial charge on any atom is 0.224 e. The lowest BCUT2D eigenvalue weighted by Gasteiger charge is -2.14. The van der Waals surface area contributed by atoms with Crippen LogP contribution in [-0.2, 0) is 17.8 Å². The van der Waals surface area contributed by atoms with Crippen LogP contribution in [-0.4, -0.2) is 10.9 Å². The number of carbonyl (C=O) groups excluding carboxylic acids is 1. The Morgan fingerprint density at radius 3 is 2.59 bits per heavy atom. The number of hydrogen-bond donors (Lipinski definition) is 2. The molecule has 0 radical (unpaired) electrons. The van der Waals surface area contributed by atoms with E-state index in [1.807, 2.05) is 31.2 Å². The van der Waals surface area contributed by atoms with Crippen LogP contribution in [0.5, 0.6) is 0 Å². The molecule has 118 valence electrons. The summed E-state index contributed by atoms with van der Waals surface area (Å²) >= 11 is 1.72. The minimum Gasteiger partial charge on any atom is -0.326 e. The van der Waals surface area contributed by atoms with E-state index in [1.165, 1.54) is 10.6 Å². The van der Waals surface area contributed by atoms with Crippen LogP contribution in [0.2, 0.25) is 0 Å². The Kier molecular flexibility index (Phi) is 6.10. The molecule has 0 bridgehead atoms. The Hall–Kier alpha value is -1.72. The first-order valence-electron chi connectivity index (χ1n) is 7.68. The molecular weight excluding hydrogens is 294 g/mol. The lowest BCUT2D eigenvalue weighted by Crippen LogP contribution is -2.18. The summed E-state index contributed by atoms with van der Waals surface area (Å²) in [5.74, 6) is 0.0363. The van der Waals surface area contributed by atoms with Crippen LogP contribution in [0.15, 0.2) is 29.6 Å². The highest BCUT2D eigenvalue weighted by Crippen LogP contribution is 2.17. The summed E-state index contributed by atoms with van der Waals surface area (Å²) < 4.78 is 0. The molecule has 0 fully saturated rings. The number of rotatable bonds is 7. The molecular formula is C17H23N3OS. The van der Waals surface area contributed by atoms with Gasteiger partial charge >= 0.3 is 0 Å². The number of aryl methyl sites for hydroxylation is 1. The van der Waals surface area contributed by atoms with Gasteiger partial charge in [-0.2, -0.15) is 0 Å². The van der Waals surface area contributed by atoms with Crippen molar-refractivity contribution in [1.29, 1.82) is 0 Å². The van der Waals surface area contributed by atoms with Crippen LogP contribution in [0, 0.1) is 0 Å². The van der Waals surface area contributed by atoms with E-state index < -0.39 is 0 Å². The molecule has 2 N–H and O–H groups in total. The topological polar surface area (TPSA) is 54.0 Å². The predicted octanol–water partition coefficient (Wildman–Crippen LogP) is 3.90. The van der Waals surface area contributed by atoms with Crippen molar-refractivity contribution in [3.63, 3.8) is 0 Å². The SMILES string of the molecule is CCC(=O)Nc1ccc([C@H](C)NCc2csc(CC)n2)cc1. The van der Waals surface area contributed by atoms with Crippen molar-refractivity contribution in [2.75, 3.05) is 5.32 Å². The second-order valence-corrected chi connectivity index (χ2v) is 6.16. The third kappa shape index (κ3) is 4.64. The normalized spacial score (nSPS) is 12.1. The van der Waals surface area contributed by atoms with E-state index in [9.17, 15) is 4.79 Å². The summed E-state index contributed by atoms with van der Waals surface area (Å²) in [6, 6.07) is 8.21. The van der Waals surface area contributed by atoms with E-state index in [2.05, 4.69) is 34.8 Å². The van der Waals surface area contributed by atoms with Crippen molar-refractivity contribution in [2.45, 2.75) is 46.2 Å². The molecule has 1 aromatic heterocycles. The molecule has 2 aromatic rings. The van der Waals surface area contributed by atoms with E-state index in [-0.39, 0.29) is 11.9 Å². The number of thiazole rings is 1. The van der Waals surface area contributed by atoms with Gasteiger partial charge in [0, 0.05) is 30.1 Å². The third-order valence-electron chi connectivity index (χ3n) is 3.51. The maximum atomic E-state index is 11.4. The van der Waals surface area contributed by atoms with Crippen molar-refractivity contribution in [3.05, 3.63) is 45.9 Å². The van der Waals surface area contributed by atoms with Gasteiger partial charge in [0.1, 0.15) is 0 Å². The molecule has 0 spiro atoms. The summed E-state index contributed by atoms with van der Waals surface area (Å²) in [5, 5.41) is 9.63. The molecule has 0 aliphatic carbocycles. The average Bonchev–Trinajstić information content (AvgIpc) is 3.01. The average molecular weight is 317 g/mol. The molecule has 1 amide bonds. The summed E-state index contributed by atoms with van der Waals surface area (Å²) in [7, 11) is 0. The quantitative estimate of drug-likeness (QED) is 0.814. The molecule has 2 rings (SSSR count). The van der Waals surface area contributed by atoms with Crippen molar-refractivity contribution >= 4 is 22.9 Å². The Labute approximate surface area is 136 Å². The van der Waals surface area contributed by atoms with E-state index in [1.54, 1.807) is 11.3 Å². The molecule has 5 heteroatoms. The minimum atomic E-state index is 0.0363. The zero-order valence-corrected chi connectivity index (χ0v) is 14.2. The van der Waals surface area contributed by atoms with Crippen molar-refractivity contribution in [1.82, 2.24) is 10.3 Å². The van der Waals surface area contributed by atoms with E-state index >= 15 is 0 Å². The number of amides is 1. The lowest BCUT2D eigenvalue weighted by molar-refractivity contribution is -0.115. The second kappa shape index (κ2) is 8.06. The summed E-state index contributed by atoms with van der Waals surface area (Å²) in [6.45, 7) is 6.87. The zero-order chi connectivity index (χ0) is 15.9. The number of benzene rings is 1. The van der Waals surface area contributed by atoms with E-state index in [4.69, 9.17) is 0 Å². The summed E-state index contributed by atoms with van der Waals surface area (Å²) in [4.78, 5) is 15.9. The first-order chi connectivity index (χ1) is 10.6. The number of hydrogen-bond acceptors (Lipinski definition) is 4. The summed E-state index contributed by atoms with van der Waals surface area (Å²) in [5.41, 5.74) is 3.14. The molecule has 0 aliphatic rings. The molecule has 0 saturated heterocycles. The highest BCUT2D eigenvalue weighted by molar-refractivity contribution is 7.09. The van der Waals surface area contributed by atoms with Gasteiger partial charge in [-0.25, -0.2) is 4.98 Å². The summed E-state index contributed by atoms with van der Waals surface area (Å²) in [6.07, 6.45) is 1.48. The van der Waals surface area contributed by atoms with Crippen molar-refractivity contribution in [2.24, 2.45) is 0 Å². The highest BCUT2D eigenvalue weighted by Gasteiger charge is 2.07. The van der Waals surface area contributed by atoms with Crippen molar-refractivity contribution < 1.29 is 4.79 Å². The standard InChI is InChI=1S/C17H23N3OS/c1-4-16(21)19-14-8-6-13(7-9-14)12(3)18-10-15-11-22-17(5-2)20-15/h6-9,11-12,18H,4-5,10H2,1-3H3,(H,19,21)/t12-/m0/s1. The van der Waals surface area contributed by atoms with Gasteiger partial charge in [0.15, 0.2) is 0 Å². The fourth-order valence-electron chi connectivity index (χ4n) is 2.07. The van der Waals surface area contributed by atoms with Gasteiger partial charge in [0.2, 0.25) is 5.91 Å². The number of nitrogens with one attached hydrogen (secondary N) is 2. The Balaban J connectivity index is 1.89. The highest BCUT2D eigenvalue weighted by atomic mass is 32.1. The van der Waals surface area contributed by atoms with Gasteiger partial charge in [-0.15, -0.1) is 11.3 Å². The number of carbonyl (C=O) groups is 1. The molecule has 1 aromatic carbocycles. The van der Waals surface area contributed by atoms with Crippen LogP contribution < -0.4 is 10.6 Å². The largest absolute Gasteiger partial charge is 0.326 e. The first-order valence-corrected chi connectivity index (χ1v) is 8.56. The fraction of sp³-hybridized carbons (Fsp3) is 0.412. The number of nitrogens with zero attached hydrogens (tertiary/aromatic N) is 1. The molecule has 0 unspecified atom stereocenters. The Bertz CT molecular complexity index is 607. The van der Waals surface area contributed by atoms with Gasteiger partial charge in [-0.05, 0) is 31.0 Å². The van der Waals surface area contributed by atoms with Crippen LogP contribution in [0.25, 0.3) is 0 Å².